The molecule has 0 saturated carbocycles. The predicted octanol–water partition coefficient (Wildman–Crippen LogP) is 2.95. The lowest BCUT2D eigenvalue weighted by atomic mass is 10.1. The molecule has 3 amide bonds. The first-order valence-corrected chi connectivity index (χ1v) is 9.50. The molecule has 0 atom stereocenters. The lowest BCUT2D eigenvalue weighted by Crippen LogP contribution is -2.36. The number of anilines is 1. The number of carbonyl (C=O) groups is 4. The largest absolute Gasteiger partial charge is 0.452 e. The Morgan fingerprint density at radius 3 is 2.17 bits per heavy atom. The Balaban J connectivity index is 1.70. The molecule has 0 aromatic heterocycles. The zero-order chi connectivity index (χ0) is 21.0. The van der Waals surface area contributed by atoms with E-state index in [0.717, 1.165) is 17.7 Å². The molecule has 7 heteroatoms. The highest BCUT2D eigenvalue weighted by atomic mass is 16.5. The van der Waals surface area contributed by atoms with Crippen LogP contribution in [0.2, 0.25) is 0 Å². The van der Waals surface area contributed by atoms with Crippen LogP contribution in [0, 0.1) is 0 Å². The average Bonchev–Trinajstić information content (AvgIpc) is 3.00. The summed E-state index contributed by atoms with van der Waals surface area (Å²) in [7, 11) is 0. The number of nitrogens with one attached hydrogen (secondary N) is 1. The summed E-state index contributed by atoms with van der Waals surface area (Å²) >= 11 is 0. The molecule has 0 spiro atoms. The molecule has 0 unspecified atom stereocenters. The standard InChI is InChI=1S/C22H22N2O5/c1-3-15(4-2)23-19(25)13-29-22(28)14-8-7-9-16(12-14)24-20(26)17-10-5-6-11-18(17)21(24)27/h5-12,15H,3-4,13H2,1-2H3,(H,23,25). The highest BCUT2D eigenvalue weighted by Gasteiger charge is 2.36. The fourth-order valence-corrected chi connectivity index (χ4v) is 3.17. The number of amides is 3. The Labute approximate surface area is 168 Å². The molecule has 1 aliphatic heterocycles. The predicted molar refractivity (Wildman–Crippen MR) is 107 cm³/mol. The smallest absolute Gasteiger partial charge is 0.338 e. The number of hydrogen-bond acceptors (Lipinski definition) is 5. The summed E-state index contributed by atoms with van der Waals surface area (Å²) < 4.78 is 5.07. The van der Waals surface area contributed by atoms with Crippen LogP contribution in [0.4, 0.5) is 5.69 Å². The van der Waals surface area contributed by atoms with Gasteiger partial charge in [0, 0.05) is 6.04 Å². The molecular weight excluding hydrogens is 372 g/mol. The van der Waals surface area contributed by atoms with Gasteiger partial charge in [-0.15, -0.1) is 0 Å². The minimum atomic E-state index is -0.705. The van der Waals surface area contributed by atoms with E-state index in [9.17, 15) is 19.2 Å². The van der Waals surface area contributed by atoms with E-state index < -0.39 is 24.4 Å². The Hall–Kier alpha value is -3.48. The minimum Gasteiger partial charge on any atom is -0.452 e. The quantitative estimate of drug-likeness (QED) is 0.576. The summed E-state index contributed by atoms with van der Waals surface area (Å²) in [5.41, 5.74) is 1.06. The van der Waals surface area contributed by atoms with Crippen molar-refractivity contribution in [2.24, 2.45) is 0 Å². The molecule has 0 bridgehead atoms. The molecule has 150 valence electrons. The summed E-state index contributed by atoms with van der Waals surface area (Å²) in [5.74, 6) is -1.96. The highest BCUT2D eigenvalue weighted by molar-refractivity contribution is 6.34. The SMILES string of the molecule is CCC(CC)NC(=O)COC(=O)c1cccc(N2C(=O)c3ccccc3C2=O)c1. The number of esters is 1. The van der Waals surface area contributed by atoms with Crippen molar-refractivity contribution in [2.45, 2.75) is 32.7 Å². The van der Waals surface area contributed by atoms with Crippen LogP contribution in [0.25, 0.3) is 0 Å². The van der Waals surface area contributed by atoms with Gasteiger partial charge in [0.1, 0.15) is 0 Å². The van der Waals surface area contributed by atoms with Gasteiger partial charge in [0.15, 0.2) is 6.61 Å². The second-order valence-electron chi connectivity index (χ2n) is 6.70. The van der Waals surface area contributed by atoms with Crippen molar-refractivity contribution in [1.29, 1.82) is 0 Å². The molecule has 0 radical (unpaired) electrons. The summed E-state index contributed by atoms with van der Waals surface area (Å²) in [4.78, 5) is 50.5. The van der Waals surface area contributed by atoms with Crippen LogP contribution in [0.1, 0.15) is 57.8 Å². The third-order valence-electron chi connectivity index (χ3n) is 4.82. The first kappa shape index (κ1) is 20.3. The highest BCUT2D eigenvalue weighted by Crippen LogP contribution is 2.28. The maximum Gasteiger partial charge on any atom is 0.338 e. The minimum absolute atomic E-state index is 0.0401. The summed E-state index contributed by atoms with van der Waals surface area (Å²) in [5, 5.41) is 2.79. The number of imide groups is 1. The zero-order valence-corrected chi connectivity index (χ0v) is 16.3. The van der Waals surface area contributed by atoms with Crippen molar-refractivity contribution in [3.05, 3.63) is 65.2 Å². The molecule has 29 heavy (non-hydrogen) atoms. The average molecular weight is 394 g/mol. The summed E-state index contributed by atoms with van der Waals surface area (Å²) in [6, 6.07) is 12.6. The van der Waals surface area contributed by atoms with Crippen LogP contribution >= 0.6 is 0 Å². The van der Waals surface area contributed by atoms with Crippen LogP contribution in [-0.2, 0) is 9.53 Å². The fraction of sp³-hybridized carbons (Fsp3) is 0.273. The van der Waals surface area contributed by atoms with Crippen molar-refractivity contribution < 1.29 is 23.9 Å². The molecule has 2 aromatic carbocycles. The van der Waals surface area contributed by atoms with Crippen LogP contribution in [0.15, 0.2) is 48.5 Å². The van der Waals surface area contributed by atoms with Gasteiger partial charge in [0.05, 0.1) is 22.4 Å². The molecular formula is C22H22N2O5. The normalized spacial score (nSPS) is 12.9. The summed E-state index contributed by atoms with van der Waals surface area (Å²) in [6.07, 6.45) is 1.58. The maximum atomic E-state index is 12.6. The van der Waals surface area contributed by atoms with Gasteiger partial charge in [-0.3, -0.25) is 14.4 Å². The first-order valence-electron chi connectivity index (χ1n) is 9.50. The molecule has 1 aliphatic rings. The Morgan fingerprint density at radius 2 is 1.59 bits per heavy atom. The van der Waals surface area contributed by atoms with Crippen LogP contribution in [-0.4, -0.2) is 36.3 Å². The van der Waals surface area contributed by atoms with Gasteiger partial charge >= 0.3 is 5.97 Å². The third-order valence-corrected chi connectivity index (χ3v) is 4.82. The number of ether oxygens (including phenoxy) is 1. The Kier molecular flexibility index (Phi) is 6.07. The molecule has 0 aliphatic carbocycles. The van der Waals surface area contributed by atoms with E-state index in [1.807, 2.05) is 13.8 Å². The lowest BCUT2D eigenvalue weighted by molar-refractivity contribution is -0.125. The van der Waals surface area contributed by atoms with Crippen molar-refractivity contribution in [3.63, 3.8) is 0 Å². The monoisotopic (exact) mass is 394 g/mol. The van der Waals surface area contributed by atoms with E-state index in [1.165, 1.54) is 12.1 Å². The Bertz CT molecular complexity index is 930. The van der Waals surface area contributed by atoms with E-state index in [0.29, 0.717) is 11.1 Å². The maximum absolute atomic E-state index is 12.6. The zero-order valence-electron chi connectivity index (χ0n) is 16.3. The number of carbonyl (C=O) groups excluding carboxylic acids is 4. The molecule has 3 rings (SSSR count). The molecule has 0 saturated heterocycles. The molecule has 1 heterocycles. The molecule has 2 aromatic rings. The van der Waals surface area contributed by atoms with Crippen LogP contribution in [0.3, 0.4) is 0 Å². The van der Waals surface area contributed by atoms with Crippen molar-refractivity contribution in [2.75, 3.05) is 11.5 Å². The van der Waals surface area contributed by atoms with Gasteiger partial charge in [0.25, 0.3) is 17.7 Å². The topological polar surface area (TPSA) is 92.8 Å². The van der Waals surface area contributed by atoms with Gasteiger partial charge in [-0.1, -0.05) is 32.0 Å². The van der Waals surface area contributed by atoms with Gasteiger partial charge in [-0.05, 0) is 43.2 Å². The van der Waals surface area contributed by atoms with E-state index in [1.54, 1.807) is 36.4 Å². The third kappa shape index (κ3) is 4.18. The van der Waals surface area contributed by atoms with E-state index in [2.05, 4.69) is 5.32 Å². The molecule has 0 fully saturated rings. The van der Waals surface area contributed by atoms with E-state index >= 15 is 0 Å². The lowest BCUT2D eigenvalue weighted by Gasteiger charge is -2.16. The fourth-order valence-electron chi connectivity index (χ4n) is 3.17. The number of rotatable bonds is 7. The molecule has 1 N–H and O–H groups in total. The van der Waals surface area contributed by atoms with Gasteiger partial charge in [-0.2, -0.15) is 0 Å². The second-order valence-corrected chi connectivity index (χ2v) is 6.70. The van der Waals surface area contributed by atoms with Crippen molar-refractivity contribution in [1.82, 2.24) is 5.32 Å². The number of benzene rings is 2. The van der Waals surface area contributed by atoms with Gasteiger partial charge < -0.3 is 10.1 Å². The number of fused-ring (bicyclic) bond motifs is 1. The first-order chi connectivity index (χ1) is 14.0. The van der Waals surface area contributed by atoms with Gasteiger partial charge in [0.2, 0.25) is 0 Å². The Morgan fingerprint density at radius 1 is 0.966 bits per heavy atom. The van der Waals surface area contributed by atoms with E-state index in [-0.39, 0.29) is 23.2 Å². The van der Waals surface area contributed by atoms with Crippen LogP contribution in [0.5, 0.6) is 0 Å². The second kappa shape index (κ2) is 8.68. The molecule has 7 nitrogen and oxygen atoms in total. The number of nitrogens with zero attached hydrogens (tertiary/aromatic N) is 1. The number of hydrogen-bond donors (Lipinski definition) is 1. The van der Waals surface area contributed by atoms with E-state index in [4.69, 9.17) is 4.74 Å². The van der Waals surface area contributed by atoms with Crippen LogP contribution < -0.4 is 10.2 Å². The van der Waals surface area contributed by atoms with Gasteiger partial charge in [-0.25, -0.2) is 9.69 Å². The van der Waals surface area contributed by atoms with Crippen molar-refractivity contribution in [3.8, 4) is 0 Å². The van der Waals surface area contributed by atoms with Crippen molar-refractivity contribution >= 4 is 29.4 Å². The summed E-state index contributed by atoms with van der Waals surface area (Å²) in [6.45, 7) is 3.53.